The number of anilines is 1. The van der Waals surface area contributed by atoms with Crippen LogP contribution in [0.5, 0.6) is 5.75 Å². The van der Waals surface area contributed by atoms with Crippen molar-refractivity contribution in [3.05, 3.63) is 58.4 Å². The number of amides is 1. The van der Waals surface area contributed by atoms with Gasteiger partial charge in [0.25, 0.3) is 5.91 Å². The van der Waals surface area contributed by atoms with Crippen LogP contribution in [0.1, 0.15) is 15.9 Å². The predicted molar refractivity (Wildman–Crippen MR) is 81.9 cm³/mol. The molecule has 0 saturated heterocycles. The van der Waals surface area contributed by atoms with Crippen LogP contribution in [0, 0.1) is 17.1 Å². The predicted octanol–water partition coefficient (Wildman–Crippen LogP) is 3.64. The van der Waals surface area contributed by atoms with Crippen LogP contribution in [0.15, 0.2) is 36.4 Å². The Morgan fingerprint density at radius 2 is 2.05 bits per heavy atom. The molecule has 0 radical (unpaired) electrons. The van der Waals surface area contributed by atoms with Crippen molar-refractivity contribution in [1.29, 1.82) is 5.26 Å². The Labute approximate surface area is 132 Å². The molecule has 2 rings (SSSR count). The summed E-state index contributed by atoms with van der Waals surface area (Å²) in [5.41, 5.74) is 0.469. The summed E-state index contributed by atoms with van der Waals surface area (Å²) in [6, 6.07) is 10.5. The van der Waals surface area contributed by atoms with Gasteiger partial charge in [0.05, 0.1) is 23.9 Å². The summed E-state index contributed by atoms with van der Waals surface area (Å²) in [5.74, 6) is -0.965. The number of halogens is 2. The number of nitrogens with zero attached hydrogens (tertiary/aromatic N) is 2. The first-order chi connectivity index (χ1) is 10.5. The lowest BCUT2D eigenvalue weighted by Crippen LogP contribution is -2.27. The van der Waals surface area contributed by atoms with E-state index in [4.69, 9.17) is 21.6 Å². The van der Waals surface area contributed by atoms with Crippen molar-refractivity contribution in [1.82, 2.24) is 0 Å². The molecule has 0 aliphatic rings. The van der Waals surface area contributed by atoms with Gasteiger partial charge >= 0.3 is 0 Å². The van der Waals surface area contributed by atoms with Crippen LogP contribution in [0.3, 0.4) is 0 Å². The maximum absolute atomic E-state index is 14.0. The number of carbonyl (C=O) groups is 1. The van der Waals surface area contributed by atoms with Crippen LogP contribution in [0.2, 0.25) is 5.02 Å². The maximum Gasteiger partial charge on any atom is 0.261 e. The molecule has 2 aromatic rings. The topological polar surface area (TPSA) is 53.3 Å². The Kier molecular flexibility index (Phi) is 4.64. The third kappa shape index (κ3) is 3.02. The van der Waals surface area contributed by atoms with E-state index in [9.17, 15) is 9.18 Å². The van der Waals surface area contributed by atoms with Crippen LogP contribution in [-0.4, -0.2) is 20.1 Å². The molecule has 0 bridgehead atoms. The van der Waals surface area contributed by atoms with Crippen LogP contribution in [0.4, 0.5) is 10.1 Å². The molecule has 0 aliphatic carbocycles. The van der Waals surface area contributed by atoms with Gasteiger partial charge in [-0.3, -0.25) is 4.79 Å². The summed E-state index contributed by atoms with van der Waals surface area (Å²) in [4.78, 5) is 13.6. The lowest BCUT2D eigenvalue weighted by atomic mass is 10.1. The molecule has 0 spiro atoms. The highest BCUT2D eigenvalue weighted by Gasteiger charge is 2.20. The van der Waals surface area contributed by atoms with Gasteiger partial charge in [-0.15, -0.1) is 0 Å². The van der Waals surface area contributed by atoms with E-state index in [0.717, 1.165) is 6.07 Å². The second-order valence-corrected chi connectivity index (χ2v) is 4.92. The average Bonchev–Trinajstić information content (AvgIpc) is 2.53. The fourth-order valence-electron chi connectivity index (χ4n) is 1.96. The normalized spacial score (nSPS) is 9.95. The number of rotatable bonds is 3. The summed E-state index contributed by atoms with van der Waals surface area (Å²) < 4.78 is 18.9. The molecule has 2 aromatic carbocycles. The van der Waals surface area contributed by atoms with Gasteiger partial charge in [0, 0.05) is 18.1 Å². The summed E-state index contributed by atoms with van der Waals surface area (Å²) in [7, 11) is 2.87. The molecule has 0 saturated carbocycles. The minimum Gasteiger partial charge on any atom is -0.497 e. The van der Waals surface area contributed by atoms with Gasteiger partial charge < -0.3 is 9.64 Å². The number of hydrogen-bond acceptors (Lipinski definition) is 3. The largest absolute Gasteiger partial charge is 0.497 e. The smallest absolute Gasteiger partial charge is 0.261 e. The standard InChI is InChI=1S/C16H12ClFN2O2/c1-20(15-7-11(17)4-3-10(15)9-19)16(21)13-6-5-12(22-2)8-14(13)18/h3-8H,1-2H3. The molecule has 0 aromatic heterocycles. The number of benzene rings is 2. The van der Waals surface area contributed by atoms with Gasteiger partial charge in [-0.2, -0.15) is 5.26 Å². The second-order valence-electron chi connectivity index (χ2n) is 4.48. The van der Waals surface area contributed by atoms with E-state index in [1.54, 1.807) is 6.07 Å². The number of ether oxygens (including phenoxy) is 1. The molecular weight excluding hydrogens is 307 g/mol. The zero-order chi connectivity index (χ0) is 16.3. The highest BCUT2D eigenvalue weighted by Crippen LogP contribution is 2.26. The van der Waals surface area contributed by atoms with Crippen molar-refractivity contribution in [2.24, 2.45) is 0 Å². The van der Waals surface area contributed by atoms with Gasteiger partial charge in [-0.05, 0) is 30.3 Å². The molecule has 0 heterocycles. The molecule has 22 heavy (non-hydrogen) atoms. The molecule has 0 unspecified atom stereocenters. The SMILES string of the molecule is COc1ccc(C(=O)N(C)c2cc(Cl)ccc2C#N)c(F)c1. The van der Waals surface area contributed by atoms with E-state index in [1.165, 1.54) is 43.3 Å². The summed E-state index contributed by atoms with van der Waals surface area (Å²) in [6.07, 6.45) is 0. The van der Waals surface area contributed by atoms with E-state index < -0.39 is 11.7 Å². The van der Waals surface area contributed by atoms with E-state index in [-0.39, 0.29) is 11.1 Å². The molecule has 0 fully saturated rings. The first kappa shape index (κ1) is 15.8. The number of hydrogen-bond donors (Lipinski definition) is 0. The number of nitriles is 1. The zero-order valence-corrected chi connectivity index (χ0v) is 12.7. The Morgan fingerprint density at radius 3 is 2.64 bits per heavy atom. The Hall–Kier alpha value is -2.58. The third-order valence-corrected chi connectivity index (χ3v) is 3.39. The highest BCUT2D eigenvalue weighted by atomic mass is 35.5. The third-order valence-electron chi connectivity index (χ3n) is 3.15. The maximum atomic E-state index is 14.0. The summed E-state index contributed by atoms with van der Waals surface area (Å²) in [5, 5.41) is 9.49. The van der Waals surface area contributed by atoms with Gasteiger partial charge in [-0.25, -0.2) is 4.39 Å². The minimum atomic E-state index is -0.697. The van der Waals surface area contributed by atoms with Crippen LogP contribution in [-0.2, 0) is 0 Å². The Bertz CT molecular complexity index is 771. The van der Waals surface area contributed by atoms with Gasteiger partial charge in [0.15, 0.2) is 0 Å². The van der Waals surface area contributed by atoms with Gasteiger partial charge in [0.1, 0.15) is 17.6 Å². The molecule has 0 atom stereocenters. The molecule has 0 N–H and O–H groups in total. The highest BCUT2D eigenvalue weighted by molar-refractivity contribution is 6.31. The lowest BCUT2D eigenvalue weighted by molar-refractivity contribution is 0.0989. The quantitative estimate of drug-likeness (QED) is 0.868. The van der Waals surface area contributed by atoms with E-state index in [2.05, 4.69) is 0 Å². The average molecular weight is 319 g/mol. The summed E-state index contributed by atoms with van der Waals surface area (Å²) in [6.45, 7) is 0. The first-order valence-electron chi connectivity index (χ1n) is 6.29. The Morgan fingerprint density at radius 1 is 1.32 bits per heavy atom. The first-order valence-corrected chi connectivity index (χ1v) is 6.67. The number of methoxy groups -OCH3 is 1. The summed E-state index contributed by atoms with van der Waals surface area (Å²) >= 11 is 5.90. The van der Waals surface area contributed by atoms with E-state index in [0.29, 0.717) is 16.5 Å². The van der Waals surface area contributed by atoms with Crippen molar-refractivity contribution in [2.75, 3.05) is 19.1 Å². The molecule has 1 amide bonds. The van der Waals surface area contributed by atoms with Crippen LogP contribution >= 0.6 is 11.6 Å². The van der Waals surface area contributed by atoms with Gasteiger partial charge in [0.2, 0.25) is 0 Å². The fourth-order valence-corrected chi connectivity index (χ4v) is 2.13. The molecule has 112 valence electrons. The fraction of sp³-hybridized carbons (Fsp3) is 0.125. The number of carbonyl (C=O) groups excluding carboxylic acids is 1. The van der Waals surface area contributed by atoms with Crippen molar-refractivity contribution < 1.29 is 13.9 Å². The lowest BCUT2D eigenvalue weighted by Gasteiger charge is -2.19. The van der Waals surface area contributed by atoms with Crippen LogP contribution in [0.25, 0.3) is 0 Å². The van der Waals surface area contributed by atoms with Crippen molar-refractivity contribution in [2.45, 2.75) is 0 Å². The van der Waals surface area contributed by atoms with E-state index in [1.807, 2.05) is 6.07 Å². The molecule has 6 heteroatoms. The minimum absolute atomic E-state index is 0.118. The van der Waals surface area contributed by atoms with Crippen LogP contribution < -0.4 is 9.64 Å². The van der Waals surface area contributed by atoms with Crippen molar-refractivity contribution >= 4 is 23.2 Å². The second kappa shape index (κ2) is 6.46. The molecular formula is C16H12ClFN2O2. The van der Waals surface area contributed by atoms with E-state index >= 15 is 0 Å². The Balaban J connectivity index is 2.42. The van der Waals surface area contributed by atoms with Crippen molar-refractivity contribution in [3.8, 4) is 11.8 Å². The van der Waals surface area contributed by atoms with Crippen molar-refractivity contribution in [3.63, 3.8) is 0 Å². The zero-order valence-electron chi connectivity index (χ0n) is 11.9. The molecule has 0 aliphatic heterocycles. The van der Waals surface area contributed by atoms with Gasteiger partial charge in [-0.1, -0.05) is 11.6 Å². The monoisotopic (exact) mass is 318 g/mol. The molecule has 4 nitrogen and oxygen atoms in total.